The highest BCUT2D eigenvalue weighted by Gasteiger charge is 2.21. The van der Waals surface area contributed by atoms with E-state index in [9.17, 15) is 0 Å². The zero-order chi connectivity index (χ0) is 21.3. The Labute approximate surface area is 180 Å². The molecule has 4 rings (SSSR count). The van der Waals surface area contributed by atoms with Crippen molar-refractivity contribution in [1.82, 2.24) is 0 Å². The van der Waals surface area contributed by atoms with Gasteiger partial charge in [-0.05, 0) is 102 Å². The molecule has 2 aromatic rings. The molecule has 2 aliphatic rings. The molecule has 0 saturated heterocycles. The van der Waals surface area contributed by atoms with Gasteiger partial charge < -0.3 is 5.73 Å². The van der Waals surface area contributed by atoms with Crippen LogP contribution in [0.4, 0.5) is 5.69 Å². The molecule has 0 aliphatic heterocycles. The van der Waals surface area contributed by atoms with Gasteiger partial charge in [0, 0.05) is 10.6 Å². The number of rotatable bonds is 0. The Kier molecular flexibility index (Phi) is 10.3. The Bertz CT molecular complexity index is 713. The van der Waals surface area contributed by atoms with E-state index in [1.165, 1.54) is 71.2 Å². The van der Waals surface area contributed by atoms with Gasteiger partial charge in [-0.25, -0.2) is 0 Å². The zero-order valence-electron chi connectivity index (χ0n) is 17.9. The van der Waals surface area contributed by atoms with Crippen LogP contribution in [0.3, 0.4) is 0 Å². The number of hydrogen-bond donors (Lipinski definition) is 3. The van der Waals surface area contributed by atoms with Crippen LogP contribution in [-0.2, 0) is 31.1 Å². The van der Waals surface area contributed by atoms with E-state index in [0.717, 1.165) is 17.8 Å². The third-order valence-electron chi connectivity index (χ3n) is 5.19. The predicted octanol–water partition coefficient (Wildman–Crippen LogP) is 5.87. The highest BCUT2D eigenvalue weighted by Crippen LogP contribution is 2.36. The fourth-order valence-corrected chi connectivity index (χ4v) is 4.93. The van der Waals surface area contributed by atoms with Crippen LogP contribution in [0.25, 0.3) is 0 Å². The van der Waals surface area contributed by atoms with Crippen LogP contribution in [0.1, 0.15) is 66.3 Å². The van der Waals surface area contributed by atoms with Gasteiger partial charge in [0.25, 0.3) is 0 Å². The fraction of sp³-hybridized carbons (Fsp3) is 0.478. The van der Waals surface area contributed by atoms with Crippen molar-refractivity contribution >= 4 is 29.2 Å². The molecule has 0 atom stereocenters. The summed E-state index contributed by atoms with van der Waals surface area (Å²) in [6, 6.07) is 4.64. The molecular formula is C23H37N3S2. The molecule has 1 heterocycles. The van der Waals surface area contributed by atoms with Crippen LogP contribution in [0.15, 0.2) is 30.7 Å². The summed E-state index contributed by atoms with van der Waals surface area (Å²) in [4.78, 5) is 1.45. The minimum Gasteiger partial charge on any atom is -0.398 e. The van der Waals surface area contributed by atoms with Crippen molar-refractivity contribution in [2.45, 2.75) is 71.6 Å². The van der Waals surface area contributed by atoms with E-state index in [1.54, 1.807) is 0 Å². The number of aryl methyl sites for hydroxylation is 3. The second kappa shape index (κ2) is 11.7. The van der Waals surface area contributed by atoms with Crippen molar-refractivity contribution in [3.05, 3.63) is 63.4 Å². The number of hydrogen-bond acceptors (Lipinski definition) is 5. The number of fused-ring (bicyclic) bond motifs is 2. The van der Waals surface area contributed by atoms with E-state index in [0.29, 0.717) is 5.41 Å². The van der Waals surface area contributed by atoms with Gasteiger partial charge in [0.15, 0.2) is 0 Å². The monoisotopic (exact) mass is 419 g/mol. The van der Waals surface area contributed by atoms with Crippen LogP contribution in [0, 0.1) is 6.92 Å². The summed E-state index contributed by atoms with van der Waals surface area (Å²) in [6.45, 7) is 14.9. The molecule has 0 radical (unpaired) electrons. The Hall–Kier alpha value is -1.27. The molecule has 0 bridgehead atoms. The second-order valence-electron chi connectivity index (χ2n) is 8.05. The largest absolute Gasteiger partial charge is 0.398 e. The molecule has 2 aliphatic carbocycles. The Morgan fingerprint density at radius 1 is 0.964 bits per heavy atom. The maximum atomic E-state index is 6.19. The Morgan fingerprint density at radius 3 is 1.75 bits per heavy atom. The van der Waals surface area contributed by atoms with Crippen LogP contribution in [-0.4, -0.2) is 0 Å². The highest BCUT2D eigenvalue weighted by molar-refractivity contribution is 7.94. The summed E-state index contributed by atoms with van der Waals surface area (Å²) >= 11 is 2.58. The van der Waals surface area contributed by atoms with Gasteiger partial charge in [-0.1, -0.05) is 26.8 Å². The molecule has 0 fully saturated rings. The molecule has 0 spiro atoms. The lowest BCUT2D eigenvalue weighted by atomic mass is 9.88. The van der Waals surface area contributed by atoms with Crippen LogP contribution < -0.4 is 16.0 Å². The van der Waals surface area contributed by atoms with Crippen molar-refractivity contribution in [2.75, 3.05) is 5.73 Å². The minimum absolute atomic E-state index is 0.323. The SMILES string of the molecule is C=C.Cc1sccc1C(C)(C)C.NSN.Nc1c2c(cc3c1CCC3)CCC2. The zero-order valence-corrected chi connectivity index (χ0v) is 19.6. The van der Waals surface area contributed by atoms with Gasteiger partial charge >= 0.3 is 0 Å². The Morgan fingerprint density at radius 2 is 1.43 bits per heavy atom. The van der Waals surface area contributed by atoms with Gasteiger partial charge in [-0.15, -0.1) is 24.5 Å². The van der Waals surface area contributed by atoms with Crippen LogP contribution in [0.2, 0.25) is 0 Å². The first-order valence-corrected chi connectivity index (χ1v) is 11.6. The number of nitrogens with two attached hydrogens (primary N) is 3. The topological polar surface area (TPSA) is 78.1 Å². The fourth-order valence-electron chi connectivity index (χ4n) is 4.02. The van der Waals surface area contributed by atoms with Gasteiger partial charge in [0.2, 0.25) is 0 Å². The van der Waals surface area contributed by atoms with Crippen molar-refractivity contribution < 1.29 is 0 Å². The molecular weight excluding hydrogens is 382 g/mol. The quantitative estimate of drug-likeness (QED) is 0.283. The van der Waals surface area contributed by atoms with E-state index >= 15 is 0 Å². The highest BCUT2D eigenvalue weighted by atomic mass is 32.2. The summed E-state index contributed by atoms with van der Waals surface area (Å²) in [7, 11) is 0. The molecule has 0 amide bonds. The molecule has 1 aromatic carbocycles. The first-order chi connectivity index (χ1) is 13.3. The lowest BCUT2D eigenvalue weighted by molar-refractivity contribution is 0.589. The lowest BCUT2D eigenvalue weighted by Gasteiger charge is -2.17. The van der Waals surface area contributed by atoms with Gasteiger partial charge in [-0.3, -0.25) is 10.3 Å². The lowest BCUT2D eigenvalue weighted by Crippen LogP contribution is -2.10. The first kappa shape index (κ1) is 24.8. The molecule has 1 aromatic heterocycles. The van der Waals surface area contributed by atoms with Crippen molar-refractivity contribution in [3.8, 4) is 0 Å². The predicted molar refractivity (Wildman–Crippen MR) is 130 cm³/mol. The smallest absolute Gasteiger partial charge is 0.0384 e. The maximum absolute atomic E-state index is 6.19. The average Bonchev–Trinajstić information content (AvgIpc) is 3.37. The van der Waals surface area contributed by atoms with Crippen LogP contribution in [0.5, 0.6) is 0 Å². The molecule has 156 valence electrons. The third-order valence-corrected chi connectivity index (χ3v) is 6.03. The molecule has 3 nitrogen and oxygen atoms in total. The maximum Gasteiger partial charge on any atom is 0.0384 e. The molecule has 28 heavy (non-hydrogen) atoms. The van der Waals surface area contributed by atoms with Gasteiger partial charge in [0.05, 0.1) is 0 Å². The van der Waals surface area contributed by atoms with E-state index in [2.05, 4.69) is 68.6 Å². The first-order valence-electron chi connectivity index (χ1n) is 9.81. The van der Waals surface area contributed by atoms with E-state index in [1.807, 2.05) is 11.3 Å². The standard InChI is InChI=1S/C12H15N.C9H14S.C2H4.H4N2S/c13-12-10-5-1-3-8(10)7-9-4-2-6-11(9)12;1-7-8(5-6-10-7)9(2,3)4;1-2;1-3-2/h7H,1-6,13H2;5-6H,1-4H3;1-2H2;1-2H2. The molecule has 5 heteroatoms. The summed E-state index contributed by atoms with van der Waals surface area (Å²) in [5.74, 6) is 0. The Balaban J connectivity index is 0.000000234. The third kappa shape index (κ3) is 6.38. The van der Waals surface area contributed by atoms with E-state index in [-0.39, 0.29) is 0 Å². The number of nitrogen functional groups attached to an aromatic ring is 1. The summed E-state index contributed by atoms with van der Waals surface area (Å²) in [6.07, 6.45) is 7.56. The second-order valence-corrected chi connectivity index (χ2v) is 9.44. The van der Waals surface area contributed by atoms with E-state index < -0.39 is 0 Å². The van der Waals surface area contributed by atoms with Crippen molar-refractivity contribution in [2.24, 2.45) is 10.3 Å². The van der Waals surface area contributed by atoms with Gasteiger partial charge in [-0.2, -0.15) is 0 Å². The van der Waals surface area contributed by atoms with Gasteiger partial charge in [0.1, 0.15) is 0 Å². The molecule has 0 saturated carbocycles. The summed E-state index contributed by atoms with van der Waals surface area (Å²) in [5, 5.41) is 11.2. The number of thiophene rings is 1. The molecule has 0 unspecified atom stereocenters. The average molecular weight is 420 g/mol. The summed E-state index contributed by atoms with van der Waals surface area (Å²) in [5.41, 5.74) is 15.2. The minimum atomic E-state index is 0.323. The number of benzene rings is 1. The van der Waals surface area contributed by atoms with Crippen LogP contribution >= 0.6 is 23.5 Å². The van der Waals surface area contributed by atoms with Crippen molar-refractivity contribution in [3.63, 3.8) is 0 Å². The van der Waals surface area contributed by atoms with Crippen molar-refractivity contribution in [1.29, 1.82) is 0 Å². The van der Waals surface area contributed by atoms with E-state index in [4.69, 9.17) is 5.73 Å². The molecule has 6 N–H and O–H groups in total. The number of anilines is 1. The normalized spacial score (nSPS) is 13.8. The summed E-state index contributed by atoms with van der Waals surface area (Å²) < 4.78 is 0.